The van der Waals surface area contributed by atoms with Crippen molar-refractivity contribution in [2.24, 2.45) is 5.73 Å². The highest BCUT2D eigenvalue weighted by molar-refractivity contribution is 5.94. The van der Waals surface area contributed by atoms with Gasteiger partial charge in [0, 0.05) is 49.5 Å². The maximum absolute atomic E-state index is 13.0. The third-order valence-electron chi connectivity index (χ3n) is 5.48. The second kappa shape index (κ2) is 14.8. The smallest absolute Gasteiger partial charge is 0.326 e. The van der Waals surface area contributed by atoms with Crippen molar-refractivity contribution in [1.29, 1.82) is 0 Å². The summed E-state index contributed by atoms with van der Waals surface area (Å²) < 4.78 is 0. The number of aliphatic carboxylic acids is 3. The fraction of sp³-hybridized carbons (Fsp3) is 0.455. The number of aromatic nitrogens is 4. The number of amides is 3. The van der Waals surface area contributed by atoms with Gasteiger partial charge in [0.25, 0.3) is 0 Å². The zero-order valence-electron chi connectivity index (χ0n) is 20.6. The Balaban J connectivity index is 2.14. The maximum atomic E-state index is 13.0. The van der Waals surface area contributed by atoms with Gasteiger partial charge in [-0.2, -0.15) is 0 Å². The average molecular weight is 551 g/mol. The normalized spacial score (nSPS) is 13.9. The standard InChI is InChI=1S/C22H30N8O9/c23-13(5-11-7-24-9-26-11)19(35)28-14(1-3-17(31)32)20(36)29-15(2-4-18(33)34)21(37)30-16(22(38)39)6-12-8-25-10-27-12/h7-10,13-16H,1-6,23H2,(H,24,26)(H,25,27)(H,28,35)(H,29,36)(H,30,37)(H,31,32)(H,33,34)(H,38,39). The lowest BCUT2D eigenvalue weighted by Crippen LogP contribution is -2.57. The molecule has 0 radical (unpaired) electrons. The van der Waals surface area contributed by atoms with Crippen LogP contribution in [0.1, 0.15) is 37.1 Å². The van der Waals surface area contributed by atoms with E-state index in [0.717, 1.165) is 0 Å². The average Bonchev–Trinajstić information content (AvgIpc) is 3.57. The molecule has 0 saturated heterocycles. The van der Waals surface area contributed by atoms with Crippen molar-refractivity contribution in [3.8, 4) is 0 Å². The van der Waals surface area contributed by atoms with Crippen LogP contribution in [-0.2, 0) is 41.6 Å². The number of H-pyrrole nitrogens is 2. The lowest BCUT2D eigenvalue weighted by Gasteiger charge is -2.25. The summed E-state index contributed by atoms with van der Waals surface area (Å²) in [5.74, 6) is -6.69. The molecular formula is C22H30N8O9. The lowest BCUT2D eigenvalue weighted by atomic mass is 10.1. The first-order chi connectivity index (χ1) is 18.5. The molecule has 10 N–H and O–H groups in total. The van der Waals surface area contributed by atoms with Crippen LogP contribution < -0.4 is 21.7 Å². The third-order valence-corrected chi connectivity index (χ3v) is 5.48. The van der Waals surface area contributed by atoms with Crippen molar-refractivity contribution >= 4 is 35.6 Å². The van der Waals surface area contributed by atoms with E-state index < -0.39 is 79.1 Å². The van der Waals surface area contributed by atoms with Crippen LogP contribution in [0.15, 0.2) is 25.0 Å². The van der Waals surface area contributed by atoms with Crippen LogP contribution in [0.4, 0.5) is 0 Å². The molecule has 0 aliphatic heterocycles. The molecule has 2 aromatic heterocycles. The molecule has 0 aromatic carbocycles. The van der Waals surface area contributed by atoms with Crippen molar-refractivity contribution in [1.82, 2.24) is 35.9 Å². The molecule has 4 unspecified atom stereocenters. The Kier molecular flexibility index (Phi) is 11.6. The quantitative estimate of drug-likeness (QED) is 0.0989. The minimum atomic E-state index is -1.51. The molecule has 212 valence electrons. The largest absolute Gasteiger partial charge is 0.481 e. The number of imidazole rings is 2. The van der Waals surface area contributed by atoms with Crippen molar-refractivity contribution in [2.45, 2.75) is 62.7 Å². The zero-order chi connectivity index (χ0) is 28.9. The van der Waals surface area contributed by atoms with Crippen LogP contribution in [0.25, 0.3) is 0 Å². The number of carboxylic acid groups (broad SMARTS) is 3. The van der Waals surface area contributed by atoms with Crippen LogP contribution in [-0.4, -0.2) is 95.1 Å². The van der Waals surface area contributed by atoms with Gasteiger partial charge in [0.1, 0.15) is 18.1 Å². The molecule has 2 rings (SSSR count). The van der Waals surface area contributed by atoms with Gasteiger partial charge in [0.05, 0.1) is 18.7 Å². The number of carboxylic acids is 3. The van der Waals surface area contributed by atoms with E-state index >= 15 is 0 Å². The second-order valence-electron chi connectivity index (χ2n) is 8.56. The molecule has 39 heavy (non-hydrogen) atoms. The van der Waals surface area contributed by atoms with E-state index in [4.69, 9.17) is 15.9 Å². The number of carbonyl (C=O) groups excluding carboxylic acids is 3. The molecule has 0 saturated carbocycles. The molecule has 0 bridgehead atoms. The van der Waals surface area contributed by atoms with Crippen LogP contribution in [0.5, 0.6) is 0 Å². The van der Waals surface area contributed by atoms with Crippen LogP contribution in [0, 0.1) is 0 Å². The second-order valence-corrected chi connectivity index (χ2v) is 8.56. The molecule has 0 fully saturated rings. The molecule has 17 heteroatoms. The number of aromatic amines is 2. The molecule has 2 aromatic rings. The van der Waals surface area contributed by atoms with Crippen molar-refractivity contribution in [3.05, 3.63) is 36.4 Å². The molecule has 0 spiro atoms. The van der Waals surface area contributed by atoms with Crippen LogP contribution in [0.2, 0.25) is 0 Å². The van der Waals surface area contributed by atoms with E-state index in [0.29, 0.717) is 11.4 Å². The number of carbonyl (C=O) groups is 6. The molecule has 4 atom stereocenters. The number of nitrogens with one attached hydrogen (secondary N) is 5. The van der Waals surface area contributed by atoms with Crippen LogP contribution >= 0.6 is 0 Å². The Morgan fingerprint density at radius 3 is 1.56 bits per heavy atom. The highest BCUT2D eigenvalue weighted by atomic mass is 16.4. The Bertz CT molecular complexity index is 1140. The first-order valence-corrected chi connectivity index (χ1v) is 11.7. The molecule has 3 amide bonds. The first kappa shape index (κ1) is 30.4. The number of rotatable bonds is 17. The highest BCUT2D eigenvalue weighted by Crippen LogP contribution is 2.06. The summed E-state index contributed by atoms with van der Waals surface area (Å²) in [5.41, 5.74) is 6.82. The van der Waals surface area contributed by atoms with E-state index in [-0.39, 0.29) is 19.3 Å². The van der Waals surface area contributed by atoms with Gasteiger partial charge in [-0.3, -0.25) is 24.0 Å². The monoisotopic (exact) mass is 550 g/mol. The maximum Gasteiger partial charge on any atom is 0.326 e. The molecular weight excluding hydrogens is 520 g/mol. The highest BCUT2D eigenvalue weighted by Gasteiger charge is 2.31. The number of hydrogen-bond acceptors (Lipinski definition) is 9. The van der Waals surface area contributed by atoms with Crippen molar-refractivity contribution in [3.63, 3.8) is 0 Å². The van der Waals surface area contributed by atoms with E-state index in [1.807, 2.05) is 0 Å². The minimum absolute atomic E-state index is 0.0374. The summed E-state index contributed by atoms with van der Waals surface area (Å²) in [6.45, 7) is 0. The zero-order valence-corrected chi connectivity index (χ0v) is 20.6. The van der Waals surface area contributed by atoms with Crippen LogP contribution in [0.3, 0.4) is 0 Å². The van der Waals surface area contributed by atoms with E-state index in [1.54, 1.807) is 0 Å². The van der Waals surface area contributed by atoms with Gasteiger partial charge in [-0.05, 0) is 12.8 Å². The number of nitrogens with zero attached hydrogens (tertiary/aromatic N) is 2. The molecule has 17 nitrogen and oxygen atoms in total. The summed E-state index contributed by atoms with van der Waals surface area (Å²) >= 11 is 0. The molecule has 2 heterocycles. The Morgan fingerprint density at radius 1 is 0.718 bits per heavy atom. The summed E-state index contributed by atoms with van der Waals surface area (Å²) in [5, 5.41) is 34.5. The van der Waals surface area contributed by atoms with E-state index in [2.05, 4.69) is 35.9 Å². The van der Waals surface area contributed by atoms with Gasteiger partial charge in [-0.1, -0.05) is 0 Å². The molecule has 0 aliphatic carbocycles. The van der Waals surface area contributed by atoms with Gasteiger partial charge in [0.15, 0.2) is 0 Å². The fourth-order valence-electron chi connectivity index (χ4n) is 3.44. The van der Waals surface area contributed by atoms with Crippen molar-refractivity contribution < 1.29 is 44.1 Å². The summed E-state index contributed by atoms with van der Waals surface area (Å²) in [6, 6.07) is -5.53. The Hall–Kier alpha value is -4.80. The summed E-state index contributed by atoms with van der Waals surface area (Å²) in [7, 11) is 0. The SMILES string of the molecule is NC(Cc1cnc[nH]1)C(=O)NC(CCC(=O)O)C(=O)NC(CCC(=O)O)C(=O)NC(Cc1cnc[nH]1)C(=O)O. The first-order valence-electron chi connectivity index (χ1n) is 11.7. The summed E-state index contributed by atoms with van der Waals surface area (Å²) in [4.78, 5) is 85.5. The van der Waals surface area contributed by atoms with Gasteiger partial charge >= 0.3 is 17.9 Å². The topological polar surface area (TPSA) is 283 Å². The Morgan fingerprint density at radius 2 is 1.15 bits per heavy atom. The van der Waals surface area contributed by atoms with Gasteiger partial charge < -0.3 is 47.0 Å². The third kappa shape index (κ3) is 10.6. The van der Waals surface area contributed by atoms with Crippen molar-refractivity contribution in [2.75, 3.05) is 0 Å². The summed E-state index contributed by atoms with van der Waals surface area (Å²) in [6.07, 6.45) is 3.51. The number of hydrogen-bond donors (Lipinski definition) is 9. The predicted octanol–water partition coefficient (Wildman–Crippen LogP) is -2.49. The van der Waals surface area contributed by atoms with Gasteiger partial charge in [0.2, 0.25) is 17.7 Å². The predicted molar refractivity (Wildman–Crippen MR) is 130 cm³/mol. The molecule has 0 aliphatic rings. The van der Waals surface area contributed by atoms with E-state index in [9.17, 15) is 33.9 Å². The Labute approximate surface area is 221 Å². The fourth-order valence-corrected chi connectivity index (χ4v) is 3.44. The van der Waals surface area contributed by atoms with Gasteiger partial charge in [-0.15, -0.1) is 0 Å². The minimum Gasteiger partial charge on any atom is -0.481 e. The number of nitrogens with two attached hydrogens (primary N) is 1. The van der Waals surface area contributed by atoms with Gasteiger partial charge in [-0.25, -0.2) is 14.8 Å². The lowest BCUT2D eigenvalue weighted by molar-refractivity contribution is -0.143. The van der Waals surface area contributed by atoms with E-state index in [1.165, 1.54) is 25.0 Å².